The van der Waals surface area contributed by atoms with E-state index in [0.29, 0.717) is 12.2 Å². The van der Waals surface area contributed by atoms with Crippen molar-refractivity contribution in [3.63, 3.8) is 0 Å². The summed E-state index contributed by atoms with van der Waals surface area (Å²) in [5, 5.41) is 7.42. The molecule has 15 heavy (non-hydrogen) atoms. The van der Waals surface area contributed by atoms with Gasteiger partial charge in [0.05, 0.1) is 29.9 Å². The summed E-state index contributed by atoms with van der Waals surface area (Å²) in [4.78, 5) is 6.94. The number of hydrogen-bond acceptors (Lipinski definition) is 4. The molecule has 2 heterocycles. The zero-order chi connectivity index (χ0) is 10.8. The minimum atomic E-state index is 0.656. The fourth-order valence-corrected chi connectivity index (χ4v) is 1.44. The third-order valence-electron chi connectivity index (χ3n) is 2.27. The number of aromatic amines is 1. The Bertz CT molecular complexity index is 441. The molecule has 6 heteroatoms. The molecule has 0 saturated heterocycles. The minimum absolute atomic E-state index is 0.656. The molecule has 0 aliphatic carbocycles. The molecule has 0 bridgehead atoms. The number of nitrogens with two attached hydrogens (primary N) is 1. The molecule has 0 atom stereocenters. The highest BCUT2D eigenvalue weighted by atomic mass is 15.3. The average molecular weight is 206 g/mol. The lowest BCUT2D eigenvalue weighted by atomic mass is 10.4. The molecular weight excluding hydrogens is 192 g/mol. The number of anilines is 2. The van der Waals surface area contributed by atoms with E-state index < -0.39 is 0 Å². The van der Waals surface area contributed by atoms with Crippen molar-refractivity contribution in [1.29, 1.82) is 0 Å². The van der Waals surface area contributed by atoms with Crippen LogP contribution in [0.25, 0.3) is 0 Å². The Labute approximate surface area is 87.5 Å². The van der Waals surface area contributed by atoms with Crippen molar-refractivity contribution >= 4 is 11.5 Å². The topological polar surface area (TPSA) is 84.5 Å². The van der Waals surface area contributed by atoms with Crippen LogP contribution < -0.4 is 11.1 Å². The van der Waals surface area contributed by atoms with Crippen molar-refractivity contribution in [1.82, 2.24) is 19.7 Å². The first-order chi connectivity index (χ1) is 7.18. The molecular formula is C9H14N6. The van der Waals surface area contributed by atoms with E-state index in [1.54, 1.807) is 17.2 Å². The molecule has 80 valence electrons. The highest BCUT2D eigenvalue weighted by Gasteiger charge is 2.09. The number of aromatic nitrogens is 4. The average Bonchev–Trinajstić information content (AvgIpc) is 2.76. The molecule has 0 amide bonds. The van der Waals surface area contributed by atoms with Crippen molar-refractivity contribution in [3.05, 3.63) is 23.9 Å². The summed E-state index contributed by atoms with van der Waals surface area (Å²) in [5.74, 6) is 0.835. The molecule has 0 fully saturated rings. The van der Waals surface area contributed by atoms with Gasteiger partial charge in [0.25, 0.3) is 0 Å². The molecule has 6 nitrogen and oxygen atoms in total. The number of hydrogen-bond donors (Lipinski definition) is 3. The van der Waals surface area contributed by atoms with Gasteiger partial charge < -0.3 is 16.0 Å². The number of nitrogen functional groups attached to an aromatic ring is 1. The van der Waals surface area contributed by atoms with E-state index in [1.807, 2.05) is 14.0 Å². The van der Waals surface area contributed by atoms with Crippen LogP contribution >= 0.6 is 0 Å². The van der Waals surface area contributed by atoms with Crippen LogP contribution in [0.5, 0.6) is 0 Å². The fourth-order valence-electron chi connectivity index (χ4n) is 1.44. The maximum atomic E-state index is 5.87. The van der Waals surface area contributed by atoms with E-state index in [4.69, 9.17) is 5.73 Å². The van der Waals surface area contributed by atoms with Gasteiger partial charge in [0.15, 0.2) is 0 Å². The molecule has 4 N–H and O–H groups in total. The smallest absolute Gasteiger partial charge is 0.148 e. The highest BCUT2D eigenvalue weighted by Crippen LogP contribution is 2.21. The van der Waals surface area contributed by atoms with Crippen molar-refractivity contribution in [3.8, 4) is 0 Å². The molecule has 0 radical (unpaired) electrons. The maximum absolute atomic E-state index is 5.87. The van der Waals surface area contributed by atoms with Crippen LogP contribution in [0.4, 0.5) is 11.5 Å². The molecule has 0 aliphatic heterocycles. The summed E-state index contributed by atoms with van der Waals surface area (Å²) in [6, 6.07) is 0. The van der Waals surface area contributed by atoms with Crippen LogP contribution in [-0.2, 0) is 13.6 Å². The molecule has 0 aliphatic rings. The Morgan fingerprint density at radius 3 is 2.93 bits per heavy atom. The minimum Gasteiger partial charge on any atom is -0.394 e. The second-order valence-corrected chi connectivity index (χ2v) is 3.40. The largest absolute Gasteiger partial charge is 0.394 e. The van der Waals surface area contributed by atoms with Gasteiger partial charge in [-0.1, -0.05) is 0 Å². The molecule has 2 aromatic heterocycles. The predicted octanol–water partition coefficient (Wildman–Crippen LogP) is 0.646. The number of rotatable bonds is 3. The van der Waals surface area contributed by atoms with Crippen molar-refractivity contribution in [2.24, 2.45) is 7.05 Å². The molecule has 0 unspecified atom stereocenters. The first-order valence-electron chi connectivity index (χ1n) is 4.68. The van der Waals surface area contributed by atoms with Gasteiger partial charge in [0, 0.05) is 13.2 Å². The van der Waals surface area contributed by atoms with Gasteiger partial charge in [-0.2, -0.15) is 5.10 Å². The Hall–Kier alpha value is -1.98. The van der Waals surface area contributed by atoms with Crippen molar-refractivity contribution < 1.29 is 0 Å². The number of H-pyrrole nitrogens is 1. The number of nitrogens with one attached hydrogen (secondary N) is 2. The lowest BCUT2D eigenvalue weighted by Gasteiger charge is -2.05. The van der Waals surface area contributed by atoms with E-state index in [0.717, 1.165) is 17.2 Å². The van der Waals surface area contributed by atoms with E-state index in [2.05, 4.69) is 20.4 Å². The fraction of sp³-hybridized carbons (Fsp3) is 0.333. The van der Waals surface area contributed by atoms with Crippen molar-refractivity contribution in [2.75, 3.05) is 11.1 Å². The second kappa shape index (κ2) is 3.64. The lowest BCUT2D eigenvalue weighted by Crippen LogP contribution is -2.06. The number of imidazole rings is 1. The summed E-state index contributed by atoms with van der Waals surface area (Å²) in [6.07, 6.45) is 3.42. The SMILES string of the molecule is Cc1nn(C)c(NCc2cnc[nH]2)c1N. The maximum Gasteiger partial charge on any atom is 0.148 e. The van der Waals surface area contributed by atoms with E-state index in [-0.39, 0.29) is 0 Å². The summed E-state index contributed by atoms with van der Waals surface area (Å²) >= 11 is 0. The highest BCUT2D eigenvalue weighted by molar-refractivity contribution is 5.64. The van der Waals surface area contributed by atoms with E-state index in [9.17, 15) is 0 Å². The van der Waals surface area contributed by atoms with E-state index >= 15 is 0 Å². The van der Waals surface area contributed by atoms with Gasteiger partial charge in [-0.3, -0.25) is 4.68 Å². The van der Waals surface area contributed by atoms with Gasteiger partial charge in [-0.25, -0.2) is 4.98 Å². The summed E-state index contributed by atoms with van der Waals surface area (Å²) in [5.41, 5.74) is 8.41. The first-order valence-corrected chi connectivity index (χ1v) is 4.68. The zero-order valence-corrected chi connectivity index (χ0v) is 8.78. The Morgan fingerprint density at radius 1 is 1.60 bits per heavy atom. The summed E-state index contributed by atoms with van der Waals surface area (Å²) in [6.45, 7) is 2.54. The van der Waals surface area contributed by atoms with Gasteiger partial charge in [-0.15, -0.1) is 0 Å². The summed E-state index contributed by atoms with van der Waals surface area (Å²) in [7, 11) is 1.86. The number of nitrogens with zero attached hydrogens (tertiary/aromatic N) is 3. The molecule has 2 rings (SSSR count). The number of aryl methyl sites for hydroxylation is 2. The molecule has 0 aromatic carbocycles. The Morgan fingerprint density at radius 2 is 2.40 bits per heavy atom. The normalized spacial score (nSPS) is 10.5. The van der Waals surface area contributed by atoms with Crippen molar-refractivity contribution in [2.45, 2.75) is 13.5 Å². The van der Waals surface area contributed by atoms with Gasteiger partial charge in [0.2, 0.25) is 0 Å². The zero-order valence-electron chi connectivity index (χ0n) is 8.78. The molecule has 2 aromatic rings. The van der Waals surface area contributed by atoms with Crippen LogP contribution in [-0.4, -0.2) is 19.7 Å². The molecule has 0 saturated carbocycles. The van der Waals surface area contributed by atoms with Gasteiger partial charge in [0.1, 0.15) is 5.82 Å². The molecule has 0 spiro atoms. The van der Waals surface area contributed by atoms with E-state index in [1.165, 1.54) is 0 Å². The third-order valence-corrected chi connectivity index (χ3v) is 2.27. The van der Waals surface area contributed by atoms with Crippen LogP contribution in [0.15, 0.2) is 12.5 Å². The Kier molecular flexibility index (Phi) is 2.32. The second-order valence-electron chi connectivity index (χ2n) is 3.40. The van der Waals surface area contributed by atoms with Crippen LogP contribution in [0.2, 0.25) is 0 Å². The van der Waals surface area contributed by atoms with Crippen LogP contribution in [0, 0.1) is 6.92 Å². The quantitative estimate of drug-likeness (QED) is 0.688. The first kappa shape index (κ1) is 9.57. The van der Waals surface area contributed by atoms with Crippen LogP contribution in [0.3, 0.4) is 0 Å². The third kappa shape index (κ3) is 1.78. The van der Waals surface area contributed by atoms with Crippen LogP contribution in [0.1, 0.15) is 11.4 Å². The monoisotopic (exact) mass is 206 g/mol. The Balaban J connectivity index is 2.11. The van der Waals surface area contributed by atoms with Gasteiger partial charge in [-0.05, 0) is 6.92 Å². The standard InChI is InChI=1S/C9H14N6/c1-6-8(10)9(15(2)14-6)12-4-7-3-11-5-13-7/h3,5,12H,4,10H2,1-2H3,(H,11,13). The summed E-state index contributed by atoms with van der Waals surface area (Å²) < 4.78 is 1.74. The predicted molar refractivity (Wildman–Crippen MR) is 58.3 cm³/mol. The van der Waals surface area contributed by atoms with Gasteiger partial charge >= 0.3 is 0 Å². The lowest BCUT2D eigenvalue weighted by molar-refractivity contribution is 0.757.